The summed E-state index contributed by atoms with van der Waals surface area (Å²) in [6.45, 7) is 10.4. The van der Waals surface area contributed by atoms with Crippen LogP contribution in [0, 0.1) is 21.4 Å². The highest BCUT2D eigenvalue weighted by Gasteiger charge is 2.50. The predicted octanol–water partition coefficient (Wildman–Crippen LogP) is 7.84. The second kappa shape index (κ2) is 17.7. The largest absolute Gasteiger partial charge is 0.474 e. The lowest BCUT2D eigenvalue weighted by Gasteiger charge is -2.57. The number of carbonyl (C=O) groups excluding carboxylic acids is 1. The van der Waals surface area contributed by atoms with Gasteiger partial charge in [-0.1, -0.05) is 38.1 Å². The van der Waals surface area contributed by atoms with E-state index in [0.717, 1.165) is 69.1 Å². The molecule has 18 heteroatoms. The highest BCUT2D eigenvalue weighted by Crippen LogP contribution is 2.53. The Morgan fingerprint density at radius 1 is 1.03 bits per heavy atom. The van der Waals surface area contributed by atoms with Crippen LogP contribution in [-0.2, 0) is 14.8 Å². The van der Waals surface area contributed by atoms with Crippen molar-refractivity contribution in [3.05, 3.63) is 99.9 Å². The lowest BCUT2D eigenvalue weighted by molar-refractivity contribution is -0.384. The number of morpholine rings is 1. The van der Waals surface area contributed by atoms with Gasteiger partial charge in [0.25, 0.3) is 15.9 Å². The number of rotatable bonds is 11. The standard InChI is InChI=1S/C49H58N8O9S/c1-30(2)36-6-4-5-7-37(36)41-29-64-21-20-56(41)34-25-49(26-34)15-18-55(19-16-49)33-8-9-38(42(23-33)66-35-22-32-12-17-50-45(32)51-27-35)46(58)54-67(62,63)43-24-40(57(60)61)44-47(53-43)65-28-39(52-44)31-10-13-48(3,59)14-11-31/h4-9,12,17,22-24,27,30-31,34,39,41,52,59H,10-11,13-16,18-21,25-26,28-29H2,1-3H3,(H,50,51)(H,54,58)/t31-,39-,41-,48+/m1/s1. The first-order chi connectivity index (χ1) is 32.1. The minimum Gasteiger partial charge on any atom is -0.474 e. The van der Waals surface area contributed by atoms with Crippen LogP contribution < -0.4 is 24.4 Å². The van der Waals surface area contributed by atoms with Crippen LogP contribution in [0.15, 0.2) is 78.1 Å². The normalized spacial score (nSPS) is 24.4. The number of hydrogen-bond donors (Lipinski definition) is 4. The fourth-order valence-corrected chi connectivity index (χ4v) is 12.0. The molecule has 67 heavy (non-hydrogen) atoms. The number of benzene rings is 2. The quantitative estimate of drug-likeness (QED) is 0.0734. The molecule has 1 amide bonds. The van der Waals surface area contributed by atoms with Gasteiger partial charge in [-0.3, -0.25) is 19.8 Å². The fourth-order valence-electron chi connectivity index (χ4n) is 11.1. The SMILES string of the molecule is CC(C)c1ccccc1[C@H]1COCCN1C1CC2(CCN(c3ccc(C(=O)NS(=O)(=O)c4cc([N+](=O)[O-])c5c(n4)OC[C@H]([C@H]4CC[C@@](C)(O)CC4)N5)c(Oc4cnc5[nH]ccc5c4)c3)CC2)C1. The minimum absolute atomic E-state index is 0.0297. The number of aliphatic hydroxyl groups is 1. The van der Waals surface area contributed by atoms with E-state index in [-0.39, 0.29) is 52.9 Å². The molecule has 4 N–H and O–H groups in total. The summed E-state index contributed by atoms with van der Waals surface area (Å²) < 4.78 is 48.2. The molecule has 10 rings (SSSR count). The first-order valence-electron chi connectivity index (χ1n) is 23.4. The number of pyridine rings is 2. The van der Waals surface area contributed by atoms with E-state index in [4.69, 9.17) is 14.2 Å². The van der Waals surface area contributed by atoms with Gasteiger partial charge in [0.05, 0.1) is 53.6 Å². The van der Waals surface area contributed by atoms with Crippen LogP contribution in [0.25, 0.3) is 11.0 Å². The molecule has 5 aliphatic rings. The second-order valence-corrected chi connectivity index (χ2v) is 21.4. The third-order valence-electron chi connectivity index (χ3n) is 15.0. The van der Waals surface area contributed by atoms with Gasteiger partial charge in [0.2, 0.25) is 5.88 Å². The number of nitro groups is 1. The van der Waals surface area contributed by atoms with Gasteiger partial charge in [-0.15, -0.1) is 0 Å². The molecular weight excluding hydrogens is 877 g/mol. The Morgan fingerprint density at radius 2 is 1.81 bits per heavy atom. The molecule has 3 aliphatic heterocycles. The summed E-state index contributed by atoms with van der Waals surface area (Å²) in [6, 6.07) is 18.7. The summed E-state index contributed by atoms with van der Waals surface area (Å²) >= 11 is 0. The molecule has 354 valence electrons. The molecule has 0 radical (unpaired) electrons. The maximum absolute atomic E-state index is 14.1. The Hall–Kier alpha value is -5.82. The van der Waals surface area contributed by atoms with Gasteiger partial charge in [-0.05, 0) is 111 Å². The van der Waals surface area contributed by atoms with Crippen molar-refractivity contribution >= 4 is 44.0 Å². The average Bonchev–Trinajstić information content (AvgIpc) is 3.78. The number of carbonyl (C=O) groups is 1. The molecule has 3 aromatic heterocycles. The van der Waals surface area contributed by atoms with Crippen molar-refractivity contribution in [3.8, 4) is 17.4 Å². The van der Waals surface area contributed by atoms with Crippen molar-refractivity contribution < 1.29 is 37.5 Å². The maximum Gasteiger partial charge on any atom is 0.300 e. The highest BCUT2D eigenvalue weighted by molar-refractivity contribution is 7.90. The van der Waals surface area contributed by atoms with Gasteiger partial charge in [-0.25, -0.2) is 9.71 Å². The van der Waals surface area contributed by atoms with E-state index in [2.05, 4.69) is 72.9 Å². The molecule has 17 nitrogen and oxygen atoms in total. The number of sulfonamides is 1. The average molecular weight is 935 g/mol. The number of anilines is 2. The summed E-state index contributed by atoms with van der Waals surface area (Å²) in [5.41, 5.74) is 3.06. The summed E-state index contributed by atoms with van der Waals surface area (Å²) in [5, 5.41) is 26.0. The minimum atomic E-state index is -4.78. The zero-order chi connectivity index (χ0) is 46.7. The summed E-state index contributed by atoms with van der Waals surface area (Å²) in [5.74, 6) is -0.307. The van der Waals surface area contributed by atoms with Crippen LogP contribution in [0.1, 0.15) is 106 Å². The van der Waals surface area contributed by atoms with Gasteiger partial charge in [0.15, 0.2) is 10.7 Å². The van der Waals surface area contributed by atoms with E-state index in [1.807, 2.05) is 6.07 Å². The third-order valence-corrected chi connectivity index (χ3v) is 16.2. The maximum atomic E-state index is 14.1. The molecule has 6 heterocycles. The molecule has 2 aromatic carbocycles. The third kappa shape index (κ3) is 9.03. The molecule has 2 saturated carbocycles. The van der Waals surface area contributed by atoms with Gasteiger partial charge in [0.1, 0.15) is 23.8 Å². The molecule has 1 spiro atoms. The van der Waals surface area contributed by atoms with E-state index in [9.17, 15) is 28.4 Å². The Labute approximate surface area is 389 Å². The summed E-state index contributed by atoms with van der Waals surface area (Å²) in [6.07, 6.45) is 10.1. The van der Waals surface area contributed by atoms with Crippen LogP contribution >= 0.6 is 0 Å². The van der Waals surface area contributed by atoms with Crippen molar-refractivity contribution in [2.24, 2.45) is 11.3 Å². The Balaban J connectivity index is 0.856. The van der Waals surface area contributed by atoms with Crippen LogP contribution in [-0.4, -0.2) is 101 Å². The number of aromatic amines is 1. The van der Waals surface area contributed by atoms with Crippen molar-refractivity contribution in [2.45, 2.75) is 107 Å². The number of amides is 1. The van der Waals surface area contributed by atoms with Gasteiger partial charge in [0, 0.05) is 49.0 Å². The van der Waals surface area contributed by atoms with Gasteiger partial charge >= 0.3 is 5.69 Å². The lowest BCUT2D eigenvalue weighted by Crippen LogP contribution is -2.58. The number of nitrogens with zero attached hydrogens (tertiary/aromatic N) is 5. The monoisotopic (exact) mass is 934 g/mol. The Morgan fingerprint density at radius 3 is 2.57 bits per heavy atom. The van der Waals surface area contributed by atoms with Crippen molar-refractivity contribution in [1.29, 1.82) is 0 Å². The van der Waals surface area contributed by atoms with E-state index in [1.165, 1.54) is 23.4 Å². The lowest BCUT2D eigenvalue weighted by atomic mass is 9.59. The number of hydrogen-bond acceptors (Lipinski definition) is 14. The van der Waals surface area contributed by atoms with Crippen LogP contribution in [0.5, 0.6) is 17.4 Å². The number of piperidine rings is 1. The van der Waals surface area contributed by atoms with Crippen molar-refractivity contribution in [3.63, 3.8) is 0 Å². The van der Waals surface area contributed by atoms with Crippen LogP contribution in [0.4, 0.5) is 17.1 Å². The van der Waals surface area contributed by atoms with Crippen molar-refractivity contribution in [2.75, 3.05) is 49.7 Å². The first kappa shape index (κ1) is 45.0. The number of aromatic nitrogens is 3. The highest BCUT2D eigenvalue weighted by atomic mass is 32.2. The molecule has 2 saturated heterocycles. The number of fused-ring (bicyclic) bond motifs is 2. The van der Waals surface area contributed by atoms with Gasteiger partial charge in [-0.2, -0.15) is 13.4 Å². The molecular formula is C49H58N8O9S. The summed E-state index contributed by atoms with van der Waals surface area (Å²) in [4.78, 5) is 42.4. The molecule has 5 aromatic rings. The predicted molar refractivity (Wildman–Crippen MR) is 251 cm³/mol. The number of nitrogens with one attached hydrogen (secondary N) is 3. The fraction of sp³-hybridized carbons (Fsp3) is 0.490. The molecule has 0 bridgehead atoms. The van der Waals surface area contributed by atoms with Crippen LogP contribution in [0.2, 0.25) is 0 Å². The Bertz CT molecular complexity index is 2790. The number of H-pyrrole nitrogens is 1. The van der Waals surface area contributed by atoms with Gasteiger partial charge < -0.3 is 34.5 Å². The zero-order valence-corrected chi connectivity index (χ0v) is 38.9. The van der Waals surface area contributed by atoms with E-state index >= 15 is 0 Å². The van der Waals surface area contributed by atoms with Crippen LogP contribution in [0.3, 0.4) is 0 Å². The summed E-state index contributed by atoms with van der Waals surface area (Å²) in [7, 11) is -4.78. The Kier molecular flexibility index (Phi) is 11.9. The first-order valence-corrected chi connectivity index (χ1v) is 24.9. The van der Waals surface area contributed by atoms with Crippen molar-refractivity contribution in [1.82, 2.24) is 24.6 Å². The van der Waals surface area contributed by atoms with E-state index in [1.54, 1.807) is 31.3 Å². The van der Waals surface area contributed by atoms with E-state index < -0.39 is 37.2 Å². The molecule has 2 atom stereocenters. The zero-order valence-electron chi connectivity index (χ0n) is 38.1. The topological polar surface area (TPSA) is 214 Å². The molecule has 0 unspecified atom stereocenters. The number of ether oxygens (including phenoxy) is 3. The second-order valence-electron chi connectivity index (χ2n) is 19.8. The van der Waals surface area contributed by atoms with E-state index in [0.29, 0.717) is 55.6 Å². The molecule has 2 aliphatic carbocycles. The molecule has 4 fully saturated rings. The smallest absolute Gasteiger partial charge is 0.300 e.